The second-order valence-electron chi connectivity index (χ2n) is 4.21. The van der Waals surface area contributed by atoms with E-state index in [1.807, 2.05) is 0 Å². The maximum atomic E-state index is 11.5. The highest BCUT2D eigenvalue weighted by Gasteiger charge is 2.12. The van der Waals surface area contributed by atoms with Crippen molar-refractivity contribution in [2.75, 3.05) is 11.9 Å². The first-order valence-corrected chi connectivity index (χ1v) is 5.79. The highest BCUT2D eigenvalue weighted by molar-refractivity contribution is 5.95. The van der Waals surface area contributed by atoms with Gasteiger partial charge in [0, 0.05) is 17.8 Å². The van der Waals surface area contributed by atoms with Gasteiger partial charge in [-0.2, -0.15) is 0 Å². The number of amides is 2. The number of urea groups is 1. The molecule has 0 saturated heterocycles. The number of ketones is 1. The van der Waals surface area contributed by atoms with Crippen molar-refractivity contribution >= 4 is 23.5 Å². The van der Waals surface area contributed by atoms with E-state index >= 15 is 0 Å². The predicted molar refractivity (Wildman–Crippen MR) is 70.3 cm³/mol. The first-order chi connectivity index (χ1) is 8.90. The van der Waals surface area contributed by atoms with Crippen LogP contribution in [0.25, 0.3) is 0 Å². The molecule has 0 aliphatic heterocycles. The highest BCUT2D eigenvalue weighted by Crippen LogP contribution is 2.09. The molecule has 0 aliphatic carbocycles. The van der Waals surface area contributed by atoms with Gasteiger partial charge in [0.25, 0.3) is 0 Å². The molecule has 0 saturated carbocycles. The summed E-state index contributed by atoms with van der Waals surface area (Å²) in [7, 11) is 0. The second-order valence-corrected chi connectivity index (χ2v) is 4.21. The Morgan fingerprint density at radius 1 is 1.21 bits per heavy atom. The zero-order valence-electron chi connectivity index (χ0n) is 10.8. The molecule has 0 radical (unpaired) electrons. The normalized spacial score (nSPS) is 11.5. The van der Waals surface area contributed by atoms with E-state index in [-0.39, 0.29) is 12.3 Å². The summed E-state index contributed by atoms with van der Waals surface area (Å²) >= 11 is 0. The fraction of sp³-hybridized carbons (Fsp3) is 0.308. The van der Waals surface area contributed by atoms with Crippen LogP contribution in [0, 0.1) is 5.92 Å². The van der Waals surface area contributed by atoms with Crippen molar-refractivity contribution in [1.29, 1.82) is 0 Å². The number of aliphatic carboxylic acids is 1. The van der Waals surface area contributed by atoms with Crippen molar-refractivity contribution in [2.45, 2.75) is 13.8 Å². The van der Waals surface area contributed by atoms with Gasteiger partial charge >= 0.3 is 12.0 Å². The highest BCUT2D eigenvalue weighted by atomic mass is 16.4. The number of carboxylic acids is 1. The lowest BCUT2D eigenvalue weighted by Gasteiger charge is -2.10. The minimum Gasteiger partial charge on any atom is -0.481 e. The van der Waals surface area contributed by atoms with E-state index in [2.05, 4.69) is 10.6 Å². The van der Waals surface area contributed by atoms with Crippen molar-refractivity contribution in [3.05, 3.63) is 29.8 Å². The smallest absolute Gasteiger partial charge is 0.319 e. The number of hydrogen-bond donors (Lipinski definition) is 3. The lowest BCUT2D eigenvalue weighted by Crippen LogP contribution is -2.34. The van der Waals surface area contributed by atoms with Gasteiger partial charge in [-0.25, -0.2) is 4.79 Å². The zero-order valence-corrected chi connectivity index (χ0v) is 10.8. The van der Waals surface area contributed by atoms with Crippen LogP contribution in [-0.4, -0.2) is 29.4 Å². The van der Waals surface area contributed by atoms with E-state index in [0.29, 0.717) is 11.3 Å². The number of carbonyl (C=O) groups excluding carboxylic acids is 2. The first-order valence-electron chi connectivity index (χ1n) is 5.79. The molecule has 1 unspecified atom stereocenters. The van der Waals surface area contributed by atoms with Gasteiger partial charge in [0.15, 0.2) is 5.78 Å². The molecule has 1 rings (SSSR count). The minimum absolute atomic E-state index is 0.0483. The number of benzene rings is 1. The van der Waals surface area contributed by atoms with Crippen LogP contribution in [0.15, 0.2) is 24.3 Å². The molecular weight excluding hydrogens is 248 g/mol. The molecule has 0 bridgehead atoms. The van der Waals surface area contributed by atoms with Gasteiger partial charge in [0.1, 0.15) is 0 Å². The van der Waals surface area contributed by atoms with E-state index in [1.54, 1.807) is 24.3 Å². The van der Waals surface area contributed by atoms with Crippen LogP contribution < -0.4 is 10.6 Å². The Labute approximate surface area is 110 Å². The molecule has 19 heavy (non-hydrogen) atoms. The third-order valence-corrected chi connectivity index (χ3v) is 2.54. The van der Waals surface area contributed by atoms with Gasteiger partial charge in [-0.15, -0.1) is 0 Å². The fourth-order valence-electron chi connectivity index (χ4n) is 1.30. The van der Waals surface area contributed by atoms with Crippen LogP contribution in [0.2, 0.25) is 0 Å². The van der Waals surface area contributed by atoms with Crippen LogP contribution >= 0.6 is 0 Å². The number of rotatable bonds is 5. The molecule has 6 nitrogen and oxygen atoms in total. The minimum atomic E-state index is -0.967. The van der Waals surface area contributed by atoms with Gasteiger partial charge in [-0.1, -0.05) is 6.92 Å². The average molecular weight is 264 g/mol. The fourth-order valence-corrected chi connectivity index (χ4v) is 1.30. The van der Waals surface area contributed by atoms with Crippen LogP contribution in [0.3, 0.4) is 0 Å². The number of anilines is 1. The summed E-state index contributed by atoms with van der Waals surface area (Å²) in [6, 6.07) is 5.95. The maximum Gasteiger partial charge on any atom is 0.319 e. The maximum absolute atomic E-state index is 11.5. The van der Waals surface area contributed by atoms with Crippen molar-refractivity contribution in [3.63, 3.8) is 0 Å². The van der Waals surface area contributed by atoms with Gasteiger partial charge in [0.2, 0.25) is 0 Å². The summed E-state index contributed by atoms with van der Waals surface area (Å²) in [6.45, 7) is 3.01. The van der Waals surface area contributed by atoms with Gasteiger partial charge < -0.3 is 15.7 Å². The molecule has 1 aromatic carbocycles. The molecular formula is C13H16N2O4. The summed E-state index contributed by atoms with van der Waals surface area (Å²) in [5, 5.41) is 13.7. The molecule has 0 aromatic heterocycles. The number of nitrogens with one attached hydrogen (secondary N) is 2. The number of carbonyl (C=O) groups is 3. The van der Waals surface area contributed by atoms with Crippen LogP contribution in [-0.2, 0) is 4.79 Å². The number of hydrogen-bond acceptors (Lipinski definition) is 3. The summed E-state index contributed by atoms with van der Waals surface area (Å²) < 4.78 is 0. The van der Waals surface area contributed by atoms with E-state index in [4.69, 9.17) is 5.11 Å². The summed E-state index contributed by atoms with van der Waals surface area (Å²) in [6.07, 6.45) is 0. The SMILES string of the molecule is CC(=O)c1ccc(NC(=O)NCC(C)C(=O)O)cc1. The standard InChI is InChI=1S/C13H16N2O4/c1-8(12(17)18)7-14-13(19)15-11-5-3-10(4-6-11)9(2)16/h3-6,8H,7H2,1-2H3,(H,17,18)(H2,14,15,19). The average Bonchev–Trinajstić information content (AvgIpc) is 2.36. The molecule has 0 aliphatic rings. The summed E-state index contributed by atoms with van der Waals surface area (Å²) in [5.74, 6) is -1.66. The van der Waals surface area contributed by atoms with Gasteiger partial charge in [0.05, 0.1) is 5.92 Å². The molecule has 0 fully saturated rings. The number of Topliss-reactive ketones (excluding diaryl/α,β-unsaturated/α-hetero) is 1. The lowest BCUT2D eigenvalue weighted by atomic mass is 10.1. The molecule has 6 heteroatoms. The van der Waals surface area contributed by atoms with Crippen LogP contribution in [0.4, 0.5) is 10.5 Å². The Balaban J connectivity index is 2.48. The second kappa shape index (κ2) is 6.53. The Morgan fingerprint density at radius 3 is 2.26 bits per heavy atom. The Morgan fingerprint density at radius 2 is 1.79 bits per heavy atom. The van der Waals surface area contributed by atoms with Crippen molar-refractivity contribution in [3.8, 4) is 0 Å². The third kappa shape index (κ3) is 4.79. The Bertz CT molecular complexity index is 482. The lowest BCUT2D eigenvalue weighted by molar-refractivity contribution is -0.140. The zero-order chi connectivity index (χ0) is 14.4. The molecule has 0 heterocycles. The molecule has 2 amide bonds. The van der Waals surface area contributed by atoms with Gasteiger partial charge in [-0.05, 0) is 31.2 Å². The van der Waals surface area contributed by atoms with Crippen LogP contribution in [0.5, 0.6) is 0 Å². The summed E-state index contributed by atoms with van der Waals surface area (Å²) in [4.78, 5) is 33.1. The molecule has 0 spiro atoms. The third-order valence-electron chi connectivity index (χ3n) is 2.54. The van der Waals surface area contributed by atoms with Crippen LogP contribution in [0.1, 0.15) is 24.2 Å². The predicted octanol–water partition coefficient (Wildman–Crippen LogP) is 1.73. The molecule has 1 aromatic rings. The number of carboxylic acid groups (broad SMARTS) is 1. The topological polar surface area (TPSA) is 95.5 Å². The van der Waals surface area contributed by atoms with Crippen molar-refractivity contribution in [1.82, 2.24) is 5.32 Å². The molecule has 102 valence electrons. The Hall–Kier alpha value is -2.37. The van der Waals surface area contributed by atoms with Crippen molar-refractivity contribution in [2.24, 2.45) is 5.92 Å². The largest absolute Gasteiger partial charge is 0.481 e. The van der Waals surface area contributed by atoms with Crippen molar-refractivity contribution < 1.29 is 19.5 Å². The van der Waals surface area contributed by atoms with Gasteiger partial charge in [-0.3, -0.25) is 9.59 Å². The van der Waals surface area contributed by atoms with E-state index in [9.17, 15) is 14.4 Å². The van der Waals surface area contributed by atoms with E-state index in [0.717, 1.165) is 0 Å². The monoisotopic (exact) mass is 264 g/mol. The molecule has 3 N–H and O–H groups in total. The Kier molecular flexibility index (Phi) is 5.05. The van der Waals surface area contributed by atoms with E-state index in [1.165, 1.54) is 13.8 Å². The quantitative estimate of drug-likeness (QED) is 0.706. The first kappa shape index (κ1) is 14.7. The summed E-state index contributed by atoms with van der Waals surface area (Å²) in [5.41, 5.74) is 1.09. The molecule has 1 atom stereocenters. The van der Waals surface area contributed by atoms with E-state index < -0.39 is 17.9 Å².